The quantitative estimate of drug-likeness (QED) is 0.675. The number of halogens is 4. The Bertz CT molecular complexity index is 1030. The van der Waals surface area contributed by atoms with Crippen molar-refractivity contribution in [3.05, 3.63) is 58.6 Å². The fourth-order valence-corrected chi connectivity index (χ4v) is 4.15. The molecule has 0 heterocycles. The van der Waals surface area contributed by atoms with Crippen LogP contribution < -0.4 is 14.4 Å². The highest BCUT2D eigenvalue weighted by Crippen LogP contribution is 2.34. The Hall–Kier alpha value is -2.46. The van der Waals surface area contributed by atoms with Crippen LogP contribution in [0.1, 0.15) is 18.1 Å². The number of anilines is 1. The zero-order valence-electron chi connectivity index (χ0n) is 16.3. The van der Waals surface area contributed by atoms with Crippen LogP contribution in [0.4, 0.5) is 18.9 Å². The minimum atomic E-state index is -4.51. The fourth-order valence-electron chi connectivity index (χ4n) is 2.81. The van der Waals surface area contributed by atoms with E-state index in [9.17, 15) is 26.4 Å². The molecule has 0 radical (unpaired) electrons. The number of sulfonamides is 1. The predicted molar refractivity (Wildman–Crippen MR) is 108 cm³/mol. The predicted octanol–water partition coefficient (Wildman–Crippen LogP) is 3.84. The lowest BCUT2D eigenvalue weighted by Crippen LogP contribution is -2.47. The summed E-state index contributed by atoms with van der Waals surface area (Å²) in [6, 6.07) is 7.58. The van der Waals surface area contributed by atoms with Gasteiger partial charge in [-0.15, -0.1) is 0 Å². The van der Waals surface area contributed by atoms with Gasteiger partial charge in [0, 0.05) is 11.6 Å². The minimum Gasteiger partial charge on any atom is -0.495 e. The maximum atomic E-state index is 12.8. The molecule has 0 unspecified atom stereocenters. The molecule has 0 aromatic heterocycles. The highest BCUT2D eigenvalue weighted by atomic mass is 35.5. The molecule has 2 aromatic carbocycles. The van der Waals surface area contributed by atoms with Crippen LogP contribution >= 0.6 is 11.6 Å². The van der Waals surface area contributed by atoms with Crippen molar-refractivity contribution in [2.75, 3.05) is 17.7 Å². The topological polar surface area (TPSA) is 75.7 Å². The average Bonchev–Trinajstić information content (AvgIpc) is 2.65. The number of methoxy groups -OCH3 is 1. The third kappa shape index (κ3) is 5.79. The lowest BCUT2D eigenvalue weighted by molar-refractivity contribution is -0.137. The molecule has 0 spiro atoms. The maximum Gasteiger partial charge on any atom is 0.416 e. The Morgan fingerprint density at radius 1 is 1.23 bits per heavy atom. The van der Waals surface area contributed by atoms with E-state index >= 15 is 0 Å². The molecule has 1 amide bonds. The Kier molecular flexibility index (Phi) is 7.25. The molecule has 0 aliphatic heterocycles. The van der Waals surface area contributed by atoms with Gasteiger partial charge >= 0.3 is 6.18 Å². The summed E-state index contributed by atoms with van der Waals surface area (Å²) in [7, 11) is -2.60. The van der Waals surface area contributed by atoms with E-state index in [1.165, 1.54) is 44.4 Å². The van der Waals surface area contributed by atoms with Gasteiger partial charge in [-0.2, -0.15) is 13.2 Å². The van der Waals surface area contributed by atoms with Gasteiger partial charge in [0.15, 0.2) is 0 Å². The molecule has 0 bridgehead atoms. The summed E-state index contributed by atoms with van der Waals surface area (Å²) in [5.74, 6) is -0.526. The van der Waals surface area contributed by atoms with Crippen molar-refractivity contribution >= 4 is 33.2 Å². The molecule has 2 aromatic rings. The summed E-state index contributed by atoms with van der Waals surface area (Å²) in [5, 5.41) is 2.70. The largest absolute Gasteiger partial charge is 0.495 e. The van der Waals surface area contributed by atoms with E-state index in [4.69, 9.17) is 16.3 Å². The van der Waals surface area contributed by atoms with Crippen molar-refractivity contribution in [3.63, 3.8) is 0 Å². The molecule has 1 N–H and O–H groups in total. The molecule has 11 heteroatoms. The number of amides is 1. The van der Waals surface area contributed by atoms with Crippen molar-refractivity contribution in [1.29, 1.82) is 0 Å². The fraction of sp³-hybridized carbons (Fsp3) is 0.316. The van der Waals surface area contributed by atoms with Crippen molar-refractivity contribution in [3.8, 4) is 5.75 Å². The number of alkyl halides is 3. The van der Waals surface area contributed by atoms with Gasteiger partial charge in [-0.1, -0.05) is 23.7 Å². The summed E-state index contributed by atoms with van der Waals surface area (Å²) < 4.78 is 69.4. The number of benzene rings is 2. The second-order valence-electron chi connectivity index (χ2n) is 6.47. The molecule has 30 heavy (non-hydrogen) atoms. The van der Waals surface area contributed by atoms with E-state index in [2.05, 4.69) is 5.32 Å². The Morgan fingerprint density at radius 3 is 2.47 bits per heavy atom. The number of carbonyl (C=O) groups is 1. The summed E-state index contributed by atoms with van der Waals surface area (Å²) in [5.41, 5.74) is -0.561. The van der Waals surface area contributed by atoms with Gasteiger partial charge in [0.25, 0.3) is 0 Å². The normalized spacial score (nSPS) is 12.9. The Balaban J connectivity index is 2.27. The van der Waals surface area contributed by atoms with Crippen LogP contribution in [0, 0.1) is 0 Å². The first-order chi connectivity index (χ1) is 13.8. The van der Waals surface area contributed by atoms with Gasteiger partial charge in [0.1, 0.15) is 11.8 Å². The van der Waals surface area contributed by atoms with Crippen LogP contribution in [0.5, 0.6) is 5.75 Å². The third-order valence-electron chi connectivity index (χ3n) is 4.19. The second-order valence-corrected chi connectivity index (χ2v) is 8.76. The Labute approximate surface area is 177 Å². The summed E-state index contributed by atoms with van der Waals surface area (Å²) in [6.07, 6.45) is -3.59. The molecular formula is C19H20ClF3N2O4S. The molecule has 6 nitrogen and oxygen atoms in total. The van der Waals surface area contributed by atoms with Crippen LogP contribution in [-0.4, -0.2) is 33.7 Å². The van der Waals surface area contributed by atoms with Gasteiger partial charge in [-0.25, -0.2) is 8.42 Å². The number of carbonyl (C=O) groups excluding carboxylic acids is 1. The molecule has 0 aliphatic rings. The van der Waals surface area contributed by atoms with Gasteiger partial charge in [-0.3, -0.25) is 9.10 Å². The van der Waals surface area contributed by atoms with E-state index in [-0.39, 0.29) is 28.6 Å². The van der Waals surface area contributed by atoms with Gasteiger partial charge in [0.05, 0.1) is 24.6 Å². The van der Waals surface area contributed by atoms with E-state index in [1.54, 1.807) is 0 Å². The van der Waals surface area contributed by atoms with E-state index in [0.717, 1.165) is 22.7 Å². The first-order valence-corrected chi connectivity index (χ1v) is 10.8. The first-order valence-electron chi connectivity index (χ1n) is 8.61. The summed E-state index contributed by atoms with van der Waals surface area (Å²) in [6.45, 7) is 1.14. The maximum absolute atomic E-state index is 12.8. The highest BCUT2D eigenvalue weighted by molar-refractivity contribution is 7.92. The highest BCUT2D eigenvalue weighted by Gasteiger charge is 2.32. The zero-order valence-corrected chi connectivity index (χ0v) is 17.9. The van der Waals surface area contributed by atoms with Gasteiger partial charge < -0.3 is 10.1 Å². The minimum absolute atomic E-state index is 0.0641. The van der Waals surface area contributed by atoms with Crippen LogP contribution in [0.15, 0.2) is 42.5 Å². The number of nitrogens with one attached hydrogen (secondary N) is 1. The van der Waals surface area contributed by atoms with Crippen LogP contribution in [-0.2, 0) is 27.5 Å². The zero-order chi connectivity index (χ0) is 22.7. The molecule has 0 saturated carbocycles. The molecule has 2 rings (SSSR count). The number of ether oxygens (including phenoxy) is 1. The standard InChI is InChI=1S/C19H20ClF3N2O4S/c1-12(18(26)24-11-13-5-4-6-14(9-13)19(21,22)23)25(30(3,27)28)16-10-15(20)7-8-17(16)29-2/h4-10,12H,11H2,1-3H3,(H,24,26)/t12-/m0/s1. The number of hydrogen-bond acceptors (Lipinski definition) is 4. The SMILES string of the molecule is COc1ccc(Cl)cc1N([C@@H](C)C(=O)NCc1cccc(C(F)(F)F)c1)S(C)(=O)=O. The lowest BCUT2D eigenvalue weighted by Gasteiger charge is -2.29. The first kappa shape index (κ1) is 23.8. The van der Waals surface area contributed by atoms with E-state index < -0.39 is 33.7 Å². The second kappa shape index (κ2) is 9.13. The molecule has 0 aliphatic carbocycles. The number of nitrogens with zero attached hydrogens (tertiary/aromatic N) is 1. The van der Waals surface area contributed by atoms with E-state index in [0.29, 0.717) is 0 Å². The average molecular weight is 465 g/mol. The monoisotopic (exact) mass is 464 g/mol. The molecule has 0 saturated heterocycles. The van der Waals surface area contributed by atoms with Crippen LogP contribution in [0.3, 0.4) is 0 Å². The van der Waals surface area contributed by atoms with Crippen molar-refractivity contribution in [1.82, 2.24) is 5.32 Å². The van der Waals surface area contributed by atoms with Gasteiger partial charge in [-0.05, 0) is 42.8 Å². The van der Waals surface area contributed by atoms with Crippen molar-refractivity contribution in [2.45, 2.75) is 25.7 Å². The third-order valence-corrected chi connectivity index (χ3v) is 5.65. The molecule has 1 atom stereocenters. The van der Waals surface area contributed by atoms with Crippen LogP contribution in [0.2, 0.25) is 5.02 Å². The Morgan fingerprint density at radius 2 is 1.90 bits per heavy atom. The van der Waals surface area contributed by atoms with Crippen LogP contribution in [0.25, 0.3) is 0 Å². The van der Waals surface area contributed by atoms with Gasteiger partial charge in [0.2, 0.25) is 15.9 Å². The summed E-state index contributed by atoms with van der Waals surface area (Å²) in [4.78, 5) is 12.6. The molecule has 0 fully saturated rings. The lowest BCUT2D eigenvalue weighted by atomic mass is 10.1. The number of rotatable bonds is 7. The van der Waals surface area contributed by atoms with Crippen molar-refractivity contribution < 1.29 is 31.1 Å². The summed E-state index contributed by atoms with van der Waals surface area (Å²) >= 11 is 5.98. The number of hydrogen-bond donors (Lipinski definition) is 1. The molecular weight excluding hydrogens is 445 g/mol. The van der Waals surface area contributed by atoms with E-state index in [1.807, 2.05) is 0 Å². The molecule has 164 valence electrons. The smallest absolute Gasteiger partial charge is 0.416 e. The van der Waals surface area contributed by atoms with Crippen molar-refractivity contribution in [2.24, 2.45) is 0 Å².